The van der Waals surface area contributed by atoms with Gasteiger partial charge in [0.2, 0.25) is 0 Å². The Kier molecular flexibility index (Phi) is 8.30. The number of aliphatic hydroxyl groups is 1. The zero-order valence-electron chi connectivity index (χ0n) is 24.5. The average molecular weight is 611 g/mol. The minimum absolute atomic E-state index is 0.0145. The summed E-state index contributed by atoms with van der Waals surface area (Å²) in [7, 11) is -3.39. The molecular formula is C30H35ClN6O4S. The number of benzene rings is 2. The minimum Gasteiger partial charge on any atom is -0.394 e. The summed E-state index contributed by atoms with van der Waals surface area (Å²) in [6.45, 7) is 8.72. The van der Waals surface area contributed by atoms with Crippen LogP contribution in [0.1, 0.15) is 63.8 Å². The molecule has 2 atom stereocenters. The molecule has 1 aliphatic heterocycles. The van der Waals surface area contributed by atoms with Crippen molar-refractivity contribution in [2.24, 2.45) is 16.1 Å². The summed E-state index contributed by atoms with van der Waals surface area (Å²) in [4.78, 5) is 24.5. The lowest BCUT2D eigenvalue weighted by Gasteiger charge is -2.34. The lowest BCUT2D eigenvalue weighted by atomic mass is 9.75. The molecule has 0 saturated carbocycles. The van der Waals surface area contributed by atoms with Crippen LogP contribution in [0, 0.1) is 17.3 Å². The van der Waals surface area contributed by atoms with Crippen LogP contribution >= 0.6 is 11.6 Å². The van der Waals surface area contributed by atoms with Crippen LogP contribution in [0.4, 0.5) is 0 Å². The van der Waals surface area contributed by atoms with Crippen LogP contribution in [0.15, 0.2) is 60.1 Å². The van der Waals surface area contributed by atoms with Crippen molar-refractivity contribution in [1.82, 2.24) is 19.7 Å². The number of rotatable bonds is 7. The number of amides is 1. The van der Waals surface area contributed by atoms with E-state index in [-0.39, 0.29) is 17.3 Å². The van der Waals surface area contributed by atoms with Crippen molar-refractivity contribution in [2.75, 3.05) is 12.9 Å². The highest BCUT2D eigenvalue weighted by Crippen LogP contribution is 2.44. The SMILES string of the molecule is CC(C)(C)C[C@]1(c2ccc(C#CC(C)(C)S(C)(=O)=O)cc2)N=C(N)N([C@H](CO)c2ccc(Cl)c(-n3cncn3)c2)C1=O. The summed E-state index contributed by atoms with van der Waals surface area (Å²) < 4.78 is 24.4. The van der Waals surface area contributed by atoms with Crippen LogP contribution in [0.25, 0.3) is 5.69 Å². The number of carbonyl (C=O) groups is 1. The highest BCUT2D eigenvalue weighted by molar-refractivity contribution is 7.92. The minimum atomic E-state index is -3.39. The van der Waals surface area contributed by atoms with Gasteiger partial charge in [-0.3, -0.25) is 9.69 Å². The number of guanidine groups is 1. The predicted molar refractivity (Wildman–Crippen MR) is 163 cm³/mol. The van der Waals surface area contributed by atoms with Crippen molar-refractivity contribution < 1.29 is 18.3 Å². The number of hydrogen-bond acceptors (Lipinski definition) is 8. The Labute approximate surface area is 251 Å². The molecule has 1 aliphatic rings. The number of carbonyl (C=O) groups excluding carboxylic acids is 1. The number of hydrogen-bond donors (Lipinski definition) is 2. The topological polar surface area (TPSA) is 144 Å². The van der Waals surface area contributed by atoms with E-state index >= 15 is 0 Å². The molecule has 0 aliphatic carbocycles. The Morgan fingerprint density at radius 3 is 2.33 bits per heavy atom. The van der Waals surface area contributed by atoms with E-state index in [2.05, 4.69) is 21.9 Å². The van der Waals surface area contributed by atoms with Crippen molar-refractivity contribution in [1.29, 1.82) is 0 Å². The fourth-order valence-electron chi connectivity index (χ4n) is 4.80. The standard InChI is InChI=1S/C30H35ClN6O4S/c1-28(2,3)17-30(22-10-7-20(8-11-22)13-14-29(4,5)42(6,40)41)26(39)37(27(32)35-30)25(16-38)21-9-12-23(31)24(15-21)36-19-33-18-34-36/h7-12,15,18-19,25,38H,16-17H2,1-6H3,(H2,32,35)/t25-,30-/m1/s1. The van der Waals surface area contributed by atoms with E-state index in [1.807, 2.05) is 20.8 Å². The molecule has 0 unspecified atom stereocenters. The number of halogens is 1. The van der Waals surface area contributed by atoms with E-state index in [0.717, 1.165) is 6.26 Å². The van der Waals surface area contributed by atoms with Crippen molar-refractivity contribution in [3.63, 3.8) is 0 Å². The first kappa shape index (κ1) is 31.2. The van der Waals surface area contributed by atoms with Crippen LogP contribution in [-0.4, -0.2) is 62.7 Å². The van der Waals surface area contributed by atoms with E-state index in [9.17, 15) is 18.3 Å². The first-order valence-corrected chi connectivity index (χ1v) is 15.5. The van der Waals surface area contributed by atoms with E-state index < -0.39 is 32.8 Å². The quantitative estimate of drug-likeness (QED) is 0.389. The summed E-state index contributed by atoms with van der Waals surface area (Å²) >= 11 is 6.41. The number of aromatic nitrogens is 3. The lowest BCUT2D eigenvalue weighted by molar-refractivity contribution is -0.135. The third-order valence-electron chi connectivity index (χ3n) is 7.21. The van der Waals surface area contributed by atoms with Gasteiger partial charge in [0.15, 0.2) is 21.3 Å². The maximum absolute atomic E-state index is 14.4. The highest BCUT2D eigenvalue weighted by Gasteiger charge is 2.52. The van der Waals surface area contributed by atoms with Gasteiger partial charge in [0.1, 0.15) is 17.4 Å². The molecular weight excluding hydrogens is 576 g/mol. The number of nitrogens with zero attached hydrogens (tertiary/aromatic N) is 5. The normalized spacial score (nSPS) is 18.4. The number of aliphatic hydroxyl groups excluding tert-OH is 1. The number of sulfone groups is 1. The molecule has 0 saturated heterocycles. The summed E-state index contributed by atoms with van der Waals surface area (Å²) in [6.07, 6.45) is 4.37. The van der Waals surface area contributed by atoms with Gasteiger partial charge in [0.05, 0.1) is 23.4 Å². The molecule has 0 fully saturated rings. The Morgan fingerprint density at radius 1 is 1.12 bits per heavy atom. The molecule has 4 rings (SSSR count). The Hall–Kier alpha value is -3.72. The van der Waals surface area contributed by atoms with E-state index in [0.29, 0.717) is 33.8 Å². The molecule has 12 heteroatoms. The highest BCUT2D eigenvalue weighted by atomic mass is 35.5. The maximum Gasteiger partial charge on any atom is 0.262 e. The molecule has 0 radical (unpaired) electrons. The molecule has 10 nitrogen and oxygen atoms in total. The van der Waals surface area contributed by atoms with E-state index in [4.69, 9.17) is 22.3 Å². The van der Waals surface area contributed by atoms with Crippen LogP contribution in [-0.2, 0) is 20.2 Å². The van der Waals surface area contributed by atoms with Gasteiger partial charge in [0.25, 0.3) is 5.91 Å². The summed E-state index contributed by atoms with van der Waals surface area (Å²) in [5.41, 5.74) is 7.09. The zero-order valence-corrected chi connectivity index (χ0v) is 26.0. The fourth-order valence-corrected chi connectivity index (χ4v) is 5.24. The van der Waals surface area contributed by atoms with E-state index in [1.54, 1.807) is 56.3 Å². The Balaban J connectivity index is 1.75. The van der Waals surface area contributed by atoms with E-state index in [1.165, 1.54) is 22.2 Å². The van der Waals surface area contributed by atoms with Gasteiger partial charge in [-0.2, -0.15) is 5.10 Å². The molecule has 222 valence electrons. The first-order chi connectivity index (χ1) is 19.5. The second kappa shape index (κ2) is 11.2. The molecule has 0 bridgehead atoms. The first-order valence-electron chi connectivity index (χ1n) is 13.3. The summed E-state index contributed by atoms with van der Waals surface area (Å²) in [5.74, 6) is 5.37. The molecule has 0 spiro atoms. The second-order valence-corrected chi connectivity index (χ2v) is 15.1. The van der Waals surface area contributed by atoms with Gasteiger partial charge in [-0.1, -0.05) is 62.4 Å². The number of aliphatic imine (C=N–C) groups is 1. The van der Waals surface area contributed by atoms with Crippen molar-refractivity contribution in [3.8, 4) is 17.5 Å². The molecule has 1 amide bonds. The molecule has 1 aromatic heterocycles. The average Bonchev–Trinajstić information content (AvgIpc) is 3.51. The monoisotopic (exact) mass is 610 g/mol. The van der Waals surface area contributed by atoms with Crippen LogP contribution in [0.5, 0.6) is 0 Å². The smallest absolute Gasteiger partial charge is 0.262 e. The molecule has 42 heavy (non-hydrogen) atoms. The third-order valence-corrected chi connectivity index (χ3v) is 9.49. The zero-order chi connectivity index (χ0) is 31.1. The van der Waals surface area contributed by atoms with Crippen molar-refractivity contribution >= 4 is 33.3 Å². The molecule has 2 aromatic carbocycles. The van der Waals surface area contributed by atoms with Crippen molar-refractivity contribution in [3.05, 3.63) is 76.8 Å². The molecule has 2 heterocycles. The second-order valence-electron chi connectivity index (χ2n) is 12.1. The van der Waals surface area contributed by atoms with Crippen LogP contribution in [0.2, 0.25) is 5.02 Å². The maximum atomic E-state index is 14.4. The van der Waals surface area contributed by atoms with Gasteiger partial charge in [-0.15, -0.1) is 0 Å². The summed E-state index contributed by atoms with van der Waals surface area (Å²) in [6, 6.07) is 11.3. The summed E-state index contributed by atoms with van der Waals surface area (Å²) in [5, 5.41) is 15.1. The fraction of sp³-hybridized carbons (Fsp3) is 0.400. The molecule has 3 aromatic rings. The third kappa shape index (κ3) is 6.07. The van der Waals surface area contributed by atoms with Crippen LogP contribution < -0.4 is 5.73 Å². The van der Waals surface area contributed by atoms with Gasteiger partial charge < -0.3 is 10.8 Å². The van der Waals surface area contributed by atoms with Gasteiger partial charge >= 0.3 is 0 Å². The van der Waals surface area contributed by atoms with Crippen LogP contribution in [0.3, 0.4) is 0 Å². The molecule has 3 N–H and O–H groups in total. The lowest BCUT2D eigenvalue weighted by Crippen LogP contribution is -2.47. The predicted octanol–water partition coefficient (Wildman–Crippen LogP) is 3.62. The van der Waals surface area contributed by atoms with Crippen molar-refractivity contribution in [2.45, 2.75) is 57.4 Å². The largest absolute Gasteiger partial charge is 0.394 e. The van der Waals surface area contributed by atoms with Gasteiger partial charge in [0, 0.05) is 11.8 Å². The number of nitrogens with two attached hydrogens (primary N) is 1. The van der Waals surface area contributed by atoms with Gasteiger partial charge in [-0.05, 0) is 61.1 Å². The Morgan fingerprint density at radius 2 is 1.79 bits per heavy atom. The van der Waals surface area contributed by atoms with Gasteiger partial charge in [-0.25, -0.2) is 23.1 Å². The Bertz CT molecular complexity index is 1680.